The van der Waals surface area contributed by atoms with Gasteiger partial charge in [0.1, 0.15) is 5.82 Å². The van der Waals surface area contributed by atoms with Crippen LogP contribution in [0.5, 0.6) is 0 Å². The highest BCUT2D eigenvalue weighted by Gasteiger charge is 2.52. The molecule has 8 heteroatoms. The molecule has 2 heterocycles. The monoisotopic (exact) mass is 355 g/mol. The van der Waals surface area contributed by atoms with Gasteiger partial charge in [0.15, 0.2) is 0 Å². The summed E-state index contributed by atoms with van der Waals surface area (Å²) in [6, 6.07) is 4.86. The van der Waals surface area contributed by atoms with E-state index < -0.39 is 21.4 Å². The minimum atomic E-state index is -3.71. The fourth-order valence-corrected chi connectivity index (χ4v) is 5.35. The minimum Gasteiger partial charge on any atom is -0.349 e. The van der Waals surface area contributed by atoms with Crippen molar-refractivity contribution in [3.05, 3.63) is 30.1 Å². The van der Waals surface area contributed by atoms with Crippen LogP contribution in [-0.2, 0) is 14.8 Å². The minimum absolute atomic E-state index is 0.0374. The number of carbonyl (C=O) groups is 1. The Morgan fingerprint density at radius 1 is 1.29 bits per heavy atom. The van der Waals surface area contributed by atoms with Crippen LogP contribution < -0.4 is 5.32 Å². The second-order valence-electron chi connectivity index (χ2n) is 6.80. The Kier molecular flexibility index (Phi) is 4.39. The van der Waals surface area contributed by atoms with Crippen LogP contribution in [0.15, 0.2) is 29.2 Å². The van der Waals surface area contributed by atoms with Crippen molar-refractivity contribution < 1.29 is 17.6 Å². The molecule has 0 saturated carbocycles. The van der Waals surface area contributed by atoms with Crippen molar-refractivity contribution in [3.63, 3.8) is 0 Å². The average molecular weight is 355 g/mol. The molecule has 1 aromatic rings. The van der Waals surface area contributed by atoms with Gasteiger partial charge in [-0.15, -0.1) is 0 Å². The maximum atomic E-state index is 13.1. The molecule has 1 N–H and O–H groups in total. The molecule has 24 heavy (non-hydrogen) atoms. The number of carbonyl (C=O) groups excluding carboxylic acids is 1. The molecule has 1 amide bonds. The number of sulfonamides is 1. The summed E-state index contributed by atoms with van der Waals surface area (Å²) in [5.41, 5.74) is -0.522. The molecule has 2 fully saturated rings. The van der Waals surface area contributed by atoms with Crippen molar-refractivity contribution in [2.45, 2.75) is 23.8 Å². The fraction of sp³-hybridized carbons (Fsp3) is 0.562. The zero-order valence-corrected chi connectivity index (χ0v) is 14.6. The van der Waals surface area contributed by atoms with Crippen LogP contribution in [0.25, 0.3) is 0 Å². The van der Waals surface area contributed by atoms with Crippen molar-refractivity contribution in [2.24, 2.45) is 5.92 Å². The van der Waals surface area contributed by atoms with Crippen molar-refractivity contribution in [3.8, 4) is 0 Å². The molecule has 6 nitrogen and oxygen atoms in total. The van der Waals surface area contributed by atoms with Gasteiger partial charge in [0, 0.05) is 39.0 Å². The van der Waals surface area contributed by atoms with Gasteiger partial charge in [0.25, 0.3) is 0 Å². The normalized spacial score (nSPS) is 28.5. The number of nitrogens with zero attached hydrogens (tertiary/aromatic N) is 2. The summed E-state index contributed by atoms with van der Waals surface area (Å²) in [7, 11) is -1.71. The van der Waals surface area contributed by atoms with E-state index in [-0.39, 0.29) is 23.3 Å². The maximum absolute atomic E-state index is 13.1. The van der Waals surface area contributed by atoms with Crippen LogP contribution in [0.4, 0.5) is 4.39 Å². The Morgan fingerprint density at radius 3 is 2.58 bits per heavy atom. The van der Waals surface area contributed by atoms with Crippen LogP contribution in [-0.4, -0.2) is 62.3 Å². The van der Waals surface area contributed by atoms with E-state index in [0.717, 1.165) is 25.2 Å². The van der Waals surface area contributed by atoms with E-state index in [1.807, 2.05) is 7.05 Å². The quantitative estimate of drug-likeness (QED) is 0.865. The third-order valence-corrected chi connectivity index (χ3v) is 6.84. The highest BCUT2D eigenvalue weighted by Crippen LogP contribution is 2.37. The van der Waals surface area contributed by atoms with Gasteiger partial charge in [-0.1, -0.05) is 0 Å². The van der Waals surface area contributed by atoms with Crippen molar-refractivity contribution in [1.82, 2.24) is 14.5 Å². The van der Waals surface area contributed by atoms with Crippen LogP contribution in [0.2, 0.25) is 0 Å². The second kappa shape index (κ2) is 6.09. The zero-order chi connectivity index (χ0) is 17.5. The number of hydrogen-bond donors (Lipinski definition) is 1. The first-order valence-electron chi connectivity index (χ1n) is 7.96. The van der Waals surface area contributed by atoms with Gasteiger partial charge < -0.3 is 10.2 Å². The largest absolute Gasteiger partial charge is 0.349 e. The molecule has 2 aliphatic heterocycles. The van der Waals surface area contributed by atoms with Gasteiger partial charge in [-0.2, -0.15) is 4.31 Å². The van der Waals surface area contributed by atoms with Crippen LogP contribution in [0.3, 0.4) is 0 Å². The molecule has 0 spiro atoms. The van der Waals surface area contributed by atoms with E-state index in [1.54, 1.807) is 0 Å². The van der Waals surface area contributed by atoms with Gasteiger partial charge >= 0.3 is 0 Å². The van der Waals surface area contributed by atoms with Gasteiger partial charge in [0.05, 0.1) is 10.4 Å². The summed E-state index contributed by atoms with van der Waals surface area (Å²) >= 11 is 0. The molecule has 0 bridgehead atoms. The first-order valence-corrected chi connectivity index (χ1v) is 9.40. The van der Waals surface area contributed by atoms with E-state index in [2.05, 4.69) is 10.2 Å². The topological polar surface area (TPSA) is 69.7 Å². The lowest BCUT2D eigenvalue weighted by Crippen LogP contribution is -2.60. The third kappa shape index (κ3) is 3.05. The third-order valence-electron chi connectivity index (χ3n) is 5.01. The lowest BCUT2D eigenvalue weighted by molar-refractivity contribution is -0.121. The van der Waals surface area contributed by atoms with Crippen LogP contribution >= 0.6 is 0 Å². The molecule has 2 saturated heterocycles. The fourth-order valence-electron chi connectivity index (χ4n) is 3.80. The molecule has 2 aliphatic rings. The molecule has 0 aromatic heterocycles. The van der Waals surface area contributed by atoms with E-state index in [0.29, 0.717) is 13.0 Å². The van der Waals surface area contributed by atoms with Gasteiger partial charge in [-0.05, 0) is 37.7 Å². The number of fused-ring (bicyclic) bond motifs is 1. The molecule has 0 radical (unpaired) electrons. The number of amides is 1. The number of rotatable bonds is 3. The van der Waals surface area contributed by atoms with Crippen molar-refractivity contribution >= 4 is 15.9 Å². The number of likely N-dealkylation sites (tertiary alicyclic amines) is 1. The molecule has 132 valence electrons. The van der Waals surface area contributed by atoms with Crippen LogP contribution in [0.1, 0.15) is 13.3 Å². The molecule has 0 unspecified atom stereocenters. The van der Waals surface area contributed by atoms with E-state index in [9.17, 15) is 17.6 Å². The van der Waals surface area contributed by atoms with E-state index in [4.69, 9.17) is 0 Å². The average Bonchev–Trinajstić information content (AvgIpc) is 2.86. The predicted octanol–water partition coefficient (Wildman–Crippen LogP) is 0.657. The number of piperidine rings is 1. The van der Waals surface area contributed by atoms with Crippen molar-refractivity contribution in [1.29, 1.82) is 0 Å². The summed E-state index contributed by atoms with van der Waals surface area (Å²) in [6.07, 6.45) is 0.711. The van der Waals surface area contributed by atoms with Crippen LogP contribution in [0, 0.1) is 11.7 Å². The standard InChI is InChI=1S/C16H22FN3O3S/c1-12(21)18-16-7-8-19(2)9-13(16)10-20(11-16)24(22,23)15-5-3-14(17)4-6-15/h3-6,13H,7-11H2,1-2H3,(H,18,21)/t13-,16-/m1/s1. The Morgan fingerprint density at radius 2 is 1.96 bits per heavy atom. The Bertz CT molecular complexity index is 737. The number of halogens is 1. The van der Waals surface area contributed by atoms with E-state index in [1.165, 1.54) is 23.4 Å². The second-order valence-corrected chi connectivity index (χ2v) is 8.74. The van der Waals surface area contributed by atoms with Gasteiger partial charge in [-0.3, -0.25) is 4.79 Å². The predicted molar refractivity (Wildman–Crippen MR) is 87.3 cm³/mol. The SMILES string of the molecule is CC(=O)N[C@@]12CCN(C)C[C@@H]1CN(S(=O)(=O)c1ccc(F)cc1)C2. The molecular weight excluding hydrogens is 333 g/mol. The Hall–Kier alpha value is -1.51. The van der Waals surface area contributed by atoms with Crippen molar-refractivity contribution in [2.75, 3.05) is 33.2 Å². The smallest absolute Gasteiger partial charge is 0.243 e. The Balaban J connectivity index is 1.90. The summed E-state index contributed by atoms with van der Waals surface area (Å²) in [6.45, 7) is 3.60. The highest BCUT2D eigenvalue weighted by atomic mass is 32.2. The summed E-state index contributed by atoms with van der Waals surface area (Å²) in [5.74, 6) is -0.582. The van der Waals surface area contributed by atoms with Gasteiger partial charge in [0.2, 0.25) is 15.9 Å². The van der Waals surface area contributed by atoms with Gasteiger partial charge in [-0.25, -0.2) is 12.8 Å². The maximum Gasteiger partial charge on any atom is 0.243 e. The zero-order valence-electron chi connectivity index (χ0n) is 13.8. The lowest BCUT2D eigenvalue weighted by atomic mass is 9.80. The number of benzene rings is 1. The molecule has 2 atom stereocenters. The Labute approximate surface area is 141 Å². The number of hydrogen-bond acceptors (Lipinski definition) is 4. The first-order chi connectivity index (χ1) is 11.2. The number of nitrogens with one attached hydrogen (secondary N) is 1. The summed E-state index contributed by atoms with van der Waals surface area (Å²) in [4.78, 5) is 13.9. The molecule has 3 rings (SSSR count). The molecule has 0 aliphatic carbocycles. The van der Waals surface area contributed by atoms with E-state index >= 15 is 0 Å². The summed E-state index contributed by atoms with van der Waals surface area (Å²) < 4.78 is 40.2. The molecular formula is C16H22FN3O3S. The highest BCUT2D eigenvalue weighted by molar-refractivity contribution is 7.89. The summed E-state index contributed by atoms with van der Waals surface area (Å²) in [5, 5.41) is 3.01. The first kappa shape index (κ1) is 17.3. The molecule has 1 aromatic carbocycles. The lowest BCUT2D eigenvalue weighted by Gasteiger charge is -2.42.